The summed E-state index contributed by atoms with van der Waals surface area (Å²) >= 11 is 1.82. The van der Waals surface area contributed by atoms with E-state index in [2.05, 4.69) is 33.6 Å². The molecule has 3 aromatic heterocycles. The van der Waals surface area contributed by atoms with Crippen molar-refractivity contribution in [2.75, 3.05) is 19.6 Å². The predicted molar refractivity (Wildman–Crippen MR) is 121 cm³/mol. The lowest BCUT2D eigenvalue weighted by molar-refractivity contribution is -0.132. The van der Waals surface area contributed by atoms with Crippen LogP contribution >= 0.6 is 11.3 Å². The number of piperidine rings is 1. The summed E-state index contributed by atoms with van der Waals surface area (Å²) in [5, 5.41) is 5.47. The van der Waals surface area contributed by atoms with Gasteiger partial charge in [0, 0.05) is 48.5 Å². The highest BCUT2D eigenvalue weighted by Gasteiger charge is 2.27. The maximum absolute atomic E-state index is 13.2. The van der Waals surface area contributed by atoms with Crippen LogP contribution in [0.15, 0.2) is 28.4 Å². The molecule has 8 heteroatoms. The summed E-state index contributed by atoms with van der Waals surface area (Å²) in [6.45, 7) is 6.17. The number of rotatable bonds is 5. The lowest BCUT2D eigenvalue weighted by Gasteiger charge is -2.31. The molecular formula is C23H29N5O2S. The highest BCUT2D eigenvalue weighted by atomic mass is 32.1. The first-order valence-electron chi connectivity index (χ1n) is 11.3. The lowest BCUT2D eigenvalue weighted by atomic mass is 9.93. The molecule has 2 aliphatic heterocycles. The molecule has 3 aromatic rings. The van der Waals surface area contributed by atoms with Gasteiger partial charge in [0.05, 0.1) is 17.8 Å². The van der Waals surface area contributed by atoms with E-state index in [-0.39, 0.29) is 11.5 Å². The number of carbonyl (C=O) groups excluding carboxylic acids is 1. The third kappa shape index (κ3) is 4.06. The Morgan fingerprint density at radius 3 is 2.87 bits per heavy atom. The van der Waals surface area contributed by atoms with Crippen molar-refractivity contribution < 1.29 is 4.79 Å². The zero-order valence-corrected chi connectivity index (χ0v) is 18.8. The van der Waals surface area contributed by atoms with Crippen molar-refractivity contribution in [3.63, 3.8) is 0 Å². The van der Waals surface area contributed by atoms with E-state index in [1.54, 1.807) is 9.42 Å². The molecule has 0 aromatic carbocycles. The van der Waals surface area contributed by atoms with Gasteiger partial charge >= 0.3 is 0 Å². The van der Waals surface area contributed by atoms with E-state index in [0.29, 0.717) is 43.1 Å². The van der Waals surface area contributed by atoms with E-state index < -0.39 is 0 Å². The van der Waals surface area contributed by atoms with Crippen LogP contribution in [0.4, 0.5) is 0 Å². The third-order valence-corrected chi connectivity index (χ3v) is 7.45. The molecule has 1 saturated heterocycles. The van der Waals surface area contributed by atoms with Crippen LogP contribution in [0.2, 0.25) is 0 Å². The Balaban J connectivity index is 1.32. The van der Waals surface area contributed by atoms with Gasteiger partial charge in [0.25, 0.3) is 5.56 Å². The summed E-state index contributed by atoms with van der Waals surface area (Å²) in [5.74, 6) is 0.541. The van der Waals surface area contributed by atoms with Crippen molar-refractivity contribution in [3.05, 3.63) is 55.8 Å². The lowest BCUT2D eigenvalue weighted by Crippen LogP contribution is -2.40. The molecule has 0 saturated carbocycles. The minimum absolute atomic E-state index is 0.0598. The fourth-order valence-corrected chi connectivity index (χ4v) is 5.57. The Labute approximate surface area is 185 Å². The molecule has 164 valence electrons. The number of H-pyrrole nitrogens is 1. The van der Waals surface area contributed by atoms with Gasteiger partial charge in [-0.05, 0) is 43.8 Å². The second-order valence-electron chi connectivity index (χ2n) is 8.69. The van der Waals surface area contributed by atoms with E-state index in [0.717, 1.165) is 50.3 Å². The summed E-state index contributed by atoms with van der Waals surface area (Å²) in [6.07, 6.45) is 4.16. The number of fused-ring (bicyclic) bond motifs is 2. The fraction of sp³-hybridized carbons (Fsp3) is 0.522. The first-order chi connectivity index (χ1) is 15.1. The van der Waals surface area contributed by atoms with Crippen LogP contribution in [0.5, 0.6) is 0 Å². The molecule has 0 bridgehead atoms. The zero-order chi connectivity index (χ0) is 21.4. The Morgan fingerprint density at radius 2 is 2.13 bits per heavy atom. The molecule has 1 amide bonds. The molecule has 0 radical (unpaired) electrons. The summed E-state index contributed by atoms with van der Waals surface area (Å²) in [5.41, 5.74) is 3.25. The van der Waals surface area contributed by atoms with Gasteiger partial charge in [-0.2, -0.15) is 0 Å². The standard InChI is InChI=1S/C23H29N5O2S/c1-2-4-22(29)27-11-8-19-18(15-27)23(30)28-21(24-19)13-20(25-28)16-6-9-26(10-7-16)14-17-5-3-12-31-17/h3,5,12-13,16,25H,2,4,6-11,14-15H2,1H3. The summed E-state index contributed by atoms with van der Waals surface area (Å²) < 4.78 is 1.58. The van der Waals surface area contributed by atoms with E-state index in [1.807, 2.05) is 18.3 Å². The summed E-state index contributed by atoms with van der Waals surface area (Å²) in [7, 11) is 0. The van der Waals surface area contributed by atoms with Crippen molar-refractivity contribution in [3.8, 4) is 0 Å². The minimum atomic E-state index is -0.0598. The molecule has 5 rings (SSSR count). The smallest absolute Gasteiger partial charge is 0.277 e. The second kappa shape index (κ2) is 8.59. The summed E-state index contributed by atoms with van der Waals surface area (Å²) in [6, 6.07) is 6.36. The van der Waals surface area contributed by atoms with Crippen LogP contribution in [-0.4, -0.2) is 49.9 Å². The van der Waals surface area contributed by atoms with Crippen molar-refractivity contribution in [1.82, 2.24) is 24.4 Å². The minimum Gasteiger partial charge on any atom is -0.338 e. The topological polar surface area (TPSA) is 73.7 Å². The van der Waals surface area contributed by atoms with Gasteiger partial charge in [-0.3, -0.25) is 19.6 Å². The van der Waals surface area contributed by atoms with Crippen LogP contribution < -0.4 is 5.56 Å². The Bertz CT molecular complexity index is 1120. The van der Waals surface area contributed by atoms with Crippen LogP contribution in [-0.2, 0) is 24.3 Å². The van der Waals surface area contributed by atoms with Crippen molar-refractivity contribution in [1.29, 1.82) is 0 Å². The quantitative estimate of drug-likeness (QED) is 0.663. The normalized spacial score (nSPS) is 17.9. The van der Waals surface area contributed by atoms with Crippen LogP contribution in [0, 0.1) is 0 Å². The molecule has 0 unspecified atom stereocenters. The van der Waals surface area contributed by atoms with Crippen LogP contribution in [0.25, 0.3) is 5.65 Å². The maximum atomic E-state index is 13.2. The van der Waals surface area contributed by atoms with E-state index in [9.17, 15) is 9.59 Å². The first kappa shape index (κ1) is 20.5. The van der Waals surface area contributed by atoms with Gasteiger partial charge in [-0.1, -0.05) is 13.0 Å². The Hall–Kier alpha value is -2.45. The van der Waals surface area contributed by atoms with Crippen molar-refractivity contribution >= 4 is 22.9 Å². The zero-order valence-electron chi connectivity index (χ0n) is 18.0. The number of aromatic amines is 1. The molecule has 31 heavy (non-hydrogen) atoms. The number of hydrogen-bond acceptors (Lipinski definition) is 5. The number of likely N-dealkylation sites (tertiary alicyclic amines) is 1. The van der Waals surface area contributed by atoms with Gasteiger partial charge in [0.15, 0.2) is 5.65 Å². The number of aromatic nitrogens is 3. The van der Waals surface area contributed by atoms with Gasteiger partial charge < -0.3 is 4.90 Å². The number of nitrogens with zero attached hydrogens (tertiary/aromatic N) is 4. The number of thiophene rings is 1. The maximum Gasteiger partial charge on any atom is 0.277 e. The molecule has 1 N–H and O–H groups in total. The van der Waals surface area contributed by atoms with Crippen LogP contribution in [0.3, 0.4) is 0 Å². The predicted octanol–water partition coefficient (Wildman–Crippen LogP) is 3.15. The van der Waals surface area contributed by atoms with Gasteiger partial charge in [0.2, 0.25) is 5.91 Å². The summed E-state index contributed by atoms with van der Waals surface area (Å²) in [4.78, 5) is 36.0. The molecule has 0 aliphatic carbocycles. The highest BCUT2D eigenvalue weighted by molar-refractivity contribution is 7.09. The van der Waals surface area contributed by atoms with Crippen molar-refractivity contribution in [2.45, 2.75) is 58.0 Å². The SMILES string of the molecule is CCCC(=O)N1CCc2nc3cc(C4CCN(Cc5cccs5)CC4)[nH]n3c(=O)c2C1. The highest BCUT2D eigenvalue weighted by Crippen LogP contribution is 2.29. The number of carbonyl (C=O) groups is 1. The molecular weight excluding hydrogens is 410 g/mol. The Kier molecular flexibility index (Phi) is 5.67. The van der Waals surface area contributed by atoms with Crippen LogP contribution in [0.1, 0.15) is 60.4 Å². The molecule has 5 heterocycles. The Morgan fingerprint density at radius 1 is 1.29 bits per heavy atom. The monoisotopic (exact) mass is 439 g/mol. The fourth-order valence-electron chi connectivity index (χ4n) is 4.82. The average molecular weight is 440 g/mol. The molecule has 1 fully saturated rings. The van der Waals surface area contributed by atoms with Gasteiger partial charge in [-0.25, -0.2) is 9.50 Å². The van der Waals surface area contributed by atoms with E-state index in [4.69, 9.17) is 4.98 Å². The van der Waals surface area contributed by atoms with Gasteiger partial charge in [0.1, 0.15) is 0 Å². The molecule has 7 nitrogen and oxygen atoms in total. The number of hydrogen-bond donors (Lipinski definition) is 1. The number of nitrogens with one attached hydrogen (secondary N) is 1. The molecule has 0 atom stereocenters. The van der Waals surface area contributed by atoms with Crippen molar-refractivity contribution in [2.24, 2.45) is 0 Å². The first-order valence-corrected chi connectivity index (χ1v) is 12.2. The number of amides is 1. The van der Waals surface area contributed by atoms with E-state index in [1.165, 1.54) is 4.88 Å². The van der Waals surface area contributed by atoms with E-state index >= 15 is 0 Å². The molecule has 0 spiro atoms. The average Bonchev–Trinajstić information content (AvgIpc) is 3.44. The molecule has 2 aliphatic rings. The second-order valence-corrected chi connectivity index (χ2v) is 9.72. The third-order valence-electron chi connectivity index (χ3n) is 6.58. The van der Waals surface area contributed by atoms with Gasteiger partial charge in [-0.15, -0.1) is 11.3 Å². The largest absolute Gasteiger partial charge is 0.338 e.